The number of aryl methyl sites for hydroxylation is 1. The van der Waals surface area contributed by atoms with Gasteiger partial charge >= 0.3 is 12.1 Å². The zero-order chi connectivity index (χ0) is 20.5. The minimum Gasteiger partial charge on any atom is -0.476 e. The van der Waals surface area contributed by atoms with Crippen LogP contribution >= 0.6 is 0 Å². The maximum absolute atomic E-state index is 13.7. The molecule has 0 aliphatic carbocycles. The normalized spacial score (nSPS) is 11.5. The van der Waals surface area contributed by atoms with Crippen LogP contribution in [0, 0.1) is 23.3 Å². The molecule has 0 bridgehead atoms. The van der Waals surface area contributed by atoms with Gasteiger partial charge in [0.15, 0.2) is 29.0 Å². The lowest BCUT2D eigenvalue weighted by molar-refractivity contribution is -0.143. The molecule has 0 spiro atoms. The largest absolute Gasteiger partial charge is 0.476 e. The smallest absolute Gasteiger partial charge is 0.422 e. The molecule has 0 aliphatic heterocycles. The Bertz CT molecular complexity index is 879. The van der Waals surface area contributed by atoms with E-state index in [4.69, 9.17) is 5.11 Å². The number of benzene rings is 1. The highest BCUT2D eigenvalue weighted by Crippen LogP contribution is 2.38. The Morgan fingerprint density at radius 1 is 1.07 bits per heavy atom. The van der Waals surface area contributed by atoms with Crippen LogP contribution in [-0.4, -0.2) is 26.8 Å². The molecule has 0 atom stereocenters. The molecule has 0 aliphatic rings. The lowest BCUT2D eigenvalue weighted by atomic mass is 10.1. The third-order valence-corrected chi connectivity index (χ3v) is 3.24. The number of aromatic nitrogens is 2. The van der Waals surface area contributed by atoms with Gasteiger partial charge in [0.1, 0.15) is 11.3 Å². The first-order valence-electron chi connectivity index (χ1n) is 6.93. The van der Waals surface area contributed by atoms with E-state index in [9.17, 15) is 40.3 Å². The molecule has 13 heteroatoms. The van der Waals surface area contributed by atoms with Crippen LogP contribution in [0.3, 0.4) is 0 Å². The van der Waals surface area contributed by atoms with E-state index in [-0.39, 0.29) is 12.2 Å². The number of hydrogen-bond donors (Lipinski definition) is 2. The van der Waals surface area contributed by atoms with Crippen molar-refractivity contribution in [2.45, 2.75) is 19.1 Å². The Kier molecular flexibility index (Phi) is 5.42. The van der Waals surface area contributed by atoms with E-state index >= 15 is 0 Å². The van der Waals surface area contributed by atoms with Gasteiger partial charge in [-0.1, -0.05) is 0 Å². The zero-order valence-electron chi connectivity index (χ0n) is 12.9. The molecule has 2 rings (SSSR count). The van der Waals surface area contributed by atoms with E-state index in [1.54, 1.807) is 0 Å². The Hall–Kier alpha value is -3.12. The Balaban J connectivity index is 2.19. The van der Waals surface area contributed by atoms with Crippen LogP contribution in [0.5, 0.6) is 0 Å². The van der Waals surface area contributed by atoms with Gasteiger partial charge in [-0.25, -0.2) is 22.4 Å². The van der Waals surface area contributed by atoms with Gasteiger partial charge in [-0.2, -0.15) is 18.3 Å². The molecule has 1 aromatic carbocycles. The highest BCUT2D eigenvalue weighted by Gasteiger charge is 2.42. The number of carbonyl (C=O) groups is 2. The minimum atomic E-state index is -5.69. The maximum atomic E-state index is 13.7. The number of halogens is 7. The number of anilines is 1. The van der Waals surface area contributed by atoms with Crippen molar-refractivity contribution in [2.24, 2.45) is 0 Å². The highest BCUT2D eigenvalue weighted by molar-refractivity contribution is 5.91. The van der Waals surface area contributed by atoms with Crippen molar-refractivity contribution in [1.82, 2.24) is 9.78 Å². The Morgan fingerprint density at radius 3 is 2.07 bits per heavy atom. The van der Waals surface area contributed by atoms with Crippen LogP contribution in [0.15, 0.2) is 12.3 Å². The number of nitrogens with one attached hydrogen (secondary N) is 1. The Labute approximate surface area is 145 Å². The van der Waals surface area contributed by atoms with Gasteiger partial charge in [-0.15, -0.1) is 0 Å². The van der Waals surface area contributed by atoms with Crippen LogP contribution in [0.2, 0.25) is 0 Å². The van der Waals surface area contributed by atoms with Gasteiger partial charge in [-0.05, 0) is 6.07 Å². The van der Waals surface area contributed by atoms with Crippen molar-refractivity contribution in [1.29, 1.82) is 0 Å². The second-order valence-corrected chi connectivity index (χ2v) is 5.07. The van der Waals surface area contributed by atoms with Crippen LogP contribution in [0.4, 0.5) is 36.4 Å². The van der Waals surface area contributed by atoms with Crippen molar-refractivity contribution >= 4 is 17.6 Å². The molecule has 0 saturated carbocycles. The van der Waals surface area contributed by atoms with Crippen LogP contribution in [-0.2, 0) is 17.5 Å². The molecular weight excluding hydrogens is 391 g/mol. The molecule has 6 nitrogen and oxygen atoms in total. The molecule has 1 amide bonds. The predicted molar refractivity (Wildman–Crippen MR) is 73.7 cm³/mol. The average molecular weight is 399 g/mol. The Morgan fingerprint density at radius 2 is 1.63 bits per heavy atom. The second-order valence-electron chi connectivity index (χ2n) is 5.07. The summed E-state index contributed by atoms with van der Waals surface area (Å²) in [7, 11) is 0. The van der Waals surface area contributed by atoms with Gasteiger partial charge in [0.2, 0.25) is 5.91 Å². The molecular formula is C14H8F7N3O3. The van der Waals surface area contributed by atoms with E-state index < -0.39 is 59.0 Å². The summed E-state index contributed by atoms with van der Waals surface area (Å²) in [4.78, 5) is 22.3. The SMILES string of the molecule is O=C(CCn1ccc(C(=O)O)n1)Nc1c(F)c(F)c(C(F)(F)F)c(F)c1F. The van der Waals surface area contributed by atoms with Gasteiger partial charge in [0.05, 0.1) is 0 Å². The number of rotatable bonds is 5. The molecule has 1 aromatic heterocycles. The fourth-order valence-electron chi connectivity index (χ4n) is 2.01. The summed E-state index contributed by atoms with van der Waals surface area (Å²) < 4.78 is 92.7. The summed E-state index contributed by atoms with van der Waals surface area (Å²) >= 11 is 0. The lowest BCUT2D eigenvalue weighted by Crippen LogP contribution is -2.21. The van der Waals surface area contributed by atoms with E-state index in [0.29, 0.717) is 0 Å². The predicted octanol–water partition coefficient (Wildman–Crippen LogP) is 3.19. The second kappa shape index (κ2) is 7.25. The first-order chi connectivity index (χ1) is 12.4. The van der Waals surface area contributed by atoms with Crippen molar-refractivity contribution < 1.29 is 45.4 Å². The number of hydrogen-bond acceptors (Lipinski definition) is 3. The molecule has 1 heterocycles. The number of nitrogens with zero attached hydrogens (tertiary/aromatic N) is 2. The van der Waals surface area contributed by atoms with E-state index in [2.05, 4.69) is 5.10 Å². The molecule has 0 saturated heterocycles. The first kappa shape index (κ1) is 20.2. The van der Waals surface area contributed by atoms with E-state index in [0.717, 1.165) is 10.7 Å². The van der Waals surface area contributed by atoms with Gasteiger partial charge in [0, 0.05) is 19.2 Å². The van der Waals surface area contributed by atoms with Crippen molar-refractivity contribution in [2.75, 3.05) is 5.32 Å². The summed E-state index contributed by atoms with van der Waals surface area (Å²) in [5.74, 6) is -12.8. The van der Waals surface area contributed by atoms with Crippen LogP contribution in [0.1, 0.15) is 22.5 Å². The number of aromatic carboxylic acids is 1. The van der Waals surface area contributed by atoms with Crippen LogP contribution in [0.25, 0.3) is 0 Å². The summed E-state index contributed by atoms with van der Waals surface area (Å²) in [5, 5.41) is 13.7. The highest BCUT2D eigenvalue weighted by atomic mass is 19.4. The molecule has 0 fully saturated rings. The minimum absolute atomic E-state index is 0.284. The topological polar surface area (TPSA) is 84.2 Å². The summed E-state index contributed by atoms with van der Waals surface area (Å²) in [6.45, 7) is -0.284. The number of amides is 1. The van der Waals surface area contributed by atoms with Gasteiger partial charge in [0.25, 0.3) is 0 Å². The summed E-state index contributed by atoms with van der Waals surface area (Å²) in [5.41, 5.74) is -4.82. The maximum Gasteiger partial charge on any atom is 0.422 e. The van der Waals surface area contributed by atoms with E-state index in [1.165, 1.54) is 11.5 Å². The summed E-state index contributed by atoms with van der Waals surface area (Å²) in [6, 6.07) is 1.10. The number of carbonyl (C=O) groups excluding carboxylic acids is 1. The van der Waals surface area contributed by atoms with Gasteiger partial charge < -0.3 is 10.4 Å². The molecule has 2 N–H and O–H groups in total. The lowest BCUT2D eigenvalue weighted by Gasteiger charge is -2.14. The monoisotopic (exact) mass is 399 g/mol. The number of carboxylic acids is 1. The van der Waals surface area contributed by atoms with Crippen molar-refractivity contribution in [3.8, 4) is 0 Å². The fourth-order valence-corrected chi connectivity index (χ4v) is 2.01. The average Bonchev–Trinajstić information content (AvgIpc) is 3.03. The molecule has 146 valence electrons. The fraction of sp³-hybridized carbons (Fsp3) is 0.214. The van der Waals surface area contributed by atoms with Gasteiger partial charge in [-0.3, -0.25) is 9.48 Å². The standard InChI is InChI=1S/C14H8F7N3O3/c15-8-7(14(19,20)21)9(16)11(18)12(10(8)17)22-6(25)2-4-24-3-1-5(23-24)13(26)27/h1,3H,2,4H2,(H,22,25)(H,26,27). The van der Waals surface area contributed by atoms with Crippen molar-refractivity contribution in [3.63, 3.8) is 0 Å². The number of alkyl halides is 3. The zero-order valence-corrected chi connectivity index (χ0v) is 12.9. The molecule has 0 unspecified atom stereocenters. The number of carboxylic acid groups (broad SMARTS) is 1. The molecule has 0 radical (unpaired) electrons. The summed E-state index contributed by atoms with van der Waals surface area (Å²) in [6.07, 6.45) is -5.10. The van der Waals surface area contributed by atoms with Crippen LogP contribution < -0.4 is 5.32 Å². The van der Waals surface area contributed by atoms with Crippen molar-refractivity contribution in [3.05, 3.63) is 46.8 Å². The third kappa shape index (κ3) is 4.17. The molecule has 27 heavy (non-hydrogen) atoms. The quantitative estimate of drug-likeness (QED) is 0.598. The molecule has 2 aromatic rings. The first-order valence-corrected chi connectivity index (χ1v) is 6.93. The van der Waals surface area contributed by atoms with E-state index in [1.807, 2.05) is 0 Å². The third-order valence-electron chi connectivity index (χ3n) is 3.24.